The monoisotopic (exact) mass is 431 g/mol. The number of primary amides is 1. The molecule has 0 atom stereocenters. The van der Waals surface area contributed by atoms with Crippen molar-refractivity contribution in [2.45, 2.75) is 19.8 Å². The normalized spacial score (nSPS) is 15.6. The molecule has 3 aromatic rings. The Morgan fingerprint density at radius 3 is 2.65 bits per heavy atom. The molecule has 1 saturated heterocycles. The first-order valence-corrected chi connectivity index (χ1v) is 11.2. The molecule has 1 aliphatic heterocycles. The van der Waals surface area contributed by atoms with Crippen LogP contribution >= 0.6 is 11.3 Å². The first-order chi connectivity index (χ1) is 15.1. The first kappa shape index (κ1) is 20.9. The van der Waals surface area contributed by atoms with Gasteiger partial charge in [-0.25, -0.2) is 9.97 Å². The predicted octanol–water partition coefficient (Wildman–Crippen LogP) is 4.68. The Morgan fingerprint density at radius 1 is 1.26 bits per heavy atom. The molecule has 3 heterocycles. The van der Waals surface area contributed by atoms with E-state index in [-0.39, 0.29) is 11.8 Å². The average molecular weight is 432 g/mol. The van der Waals surface area contributed by atoms with Crippen LogP contribution in [0.15, 0.2) is 58.9 Å². The maximum absolute atomic E-state index is 11.6. The van der Waals surface area contributed by atoms with Crippen LogP contribution in [0.25, 0.3) is 27.0 Å². The van der Waals surface area contributed by atoms with Crippen molar-refractivity contribution >= 4 is 45.7 Å². The number of hydrogen-bond donors (Lipinski definition) is 1. The maximum atomic E-state index is 11.6. The number of thiophene rings is 1. The van der Waals surface area contributed by atoms with E-state index in [1.807, 2.05) is 43.4 Å². The van der Waals surface area contributed by atoms with Gasteiger partial charge in [0.15, 0.2) is 5.82 Å². The number of allylic oxidation sites excluding steroid dienone is 3. The van der Waals surface area contributed by atoms with Crippen molar-refractivity contribution in [1.29, 1.82) is 0 Å². The van der Waals surface area contributed by atoms with Gasteiger partial charge in [0.1, 0.15) is 16.3 Å². The van der Waals surface area contributed by atoms with Gasteiger partial charge in [0.05, 0.1) is 5.39 Å². The second kappa shape index (κ2) is 9.22. The van der Waals surface area contributed by atoms with Gasteiger partial charge in [-0.3, -0.25) is 9.79 Å². The Hall–Kier alpha value is -3.32. The molecule has 2 aromatic heterocycles. The van der Waals surface area contributed by atoms with Gasteiger partial charge in [-0.15, -0.1) is 11.3 Å². The van der Waals surface area contributed by atoms with Crippen molar-refractivity contribution in [3.8, 4) is 11.1 Å². The van der Waals surface area contributed by atoms with Crippen LogP contribution in [-0.2, 0) is 4.79 Å². The molecule has 4 rings (SSSR count). The third kappa shape index (κ3) is 4.27. The molecule has 0 saturated carbocycles. The Kier molecular flexibility index (Phi) is 6.23. The summed E-state index contributed by atoms with van der Waals surface area (Å²) in [5, 5.41) is 3.17. The molecule has 0 radical (unpaired) electrons. The Morgan fingerprint density at radius 2 is 2.00 bits per heavy atom. The fraction of sp³-hybridized carbons (Fsp3) is 0.250. The SMILES string of the molecule is C=N/C(=C\C=C/C)c1nc(N2CCC(C(N)=O)CC2)c2c(-c3ccccc3)csc2n1. The first-order valence-electron chi connectivity index (χ1n) is 10.3. The highest BCUT2D eigenvalue weighted by molar-refractivity contribution is 7.17. The van der Waals surface area contributed by atoms with Crippen molar-refractivity contribution in [2.75, 3.05) is 18.0 Å². The molecule has 0 spiro atoms. The zero-order valence-electron chi connectivity index (χ0n) is 17.5. The van der Waals surface area contributed by atoms with Gasteiger partial charge in [0.25, 0.3) is 0 Å². The minimum atomic E-state index is -0.221. The second-order valence-electron chi connectivity index (χ2n) is 7.47. The van der Waals surface area contributed by atoms with Gasteiger partial charge < -0.3 is 10.6 Å². The van der Waals surface area contributed by atoms with Crippen LogP contribution in [0.5, 0.6) is 0 Å². The number of nitrogens with zero attached hydrogens (tertiary/aromatic N) is 4. The molecule has 1 aromatic carbocycles. The van der Waals surface area contributed by atoms with Gasteiger partial charge >= 0.3 is 0 Å². The number of hydrogen-bond acceptors (Lipinski definition) is 6. The van der Waals surface area contributed by atoms with Crippen LogP contribution in [-0.4, -0.2) is 35.7 Å². The van der Waals surface area contributed by atoms with Gasteiger partial charge in [-0.2, -0.15) is 0 Å². The Balaban J connectivity index is 1.86. The molecule has 0 bridgehead atoms. The minimum absolute atomic E-state index is 0.0795. The number of fused-ring (bicyclic) bond motifs is 1. The summed E-state index contributed by atoms with van der Waals surface area (Å²) >= 11 is 1.60. The number of amides is 1. The topological polar surface area (TPSA) is 84.5 Å². The van der Waals surface area contributed by atoms with E-state index in [2.05, 4.69) is 34.1 Å². The molecular formula is C24H25N5OS. The number of carbonyl (C=O) groups excluding carboxylic acids is 1. The lowest BCUT2D eigenvalue weighted by Gasteiger charge is -2.32. The van der Waals surface area contributed by atoms with E-state index in [9.17, 15) is 4.79 Å². The third-order valence-corrected chi connectivity index (χ3v) is 6.41. The lowest BCUT2D eigenvalue weighted by molar-refractivity contribution is -0.122. The predicted molar refractivity (Wildman–Crippen MR) is 129 cm³/mol. The molecule has 2 N–H and O–H groups in total. The molecule has 0 unspecified atom stereocenters. The van der Waals surface area contributed by atoms with Gasteiger partial charge in [0, 0.05) is 30.0 Å². The molecule has 1 amide bonds. The summed E-state index contributed by atoms with van der Waals surface area (Å²) in [5.74, 6) is 1.12. The summed E-state index contributed by atoms with van der Waals surface area (Å²) in [5.41, 5.74) is 8.41. The van der Waals surface area contributed by atoms with Crippen LogP contribution < -0.4 is 10.6 Å². The zero-order valence-corrected chi connectivity index (χ0v) is 18.3. The standard InChI is InChI=1S/C24H25N5OS/c1-3-4-10-19(26-2)22-27-23(29-13-11-17(12-14-29)21(25)30)20-18(15-31-24(20)28-22)16-8-6-5-7-9-16/h3-10,15,17H,2,11-14H2,1H3,(H2,25,30)/b4-3-,19-10-. The highest BCUT2D eigenvalue weighted by Gasteiger charge is 2.27. The largest absolute Gasteiger partial charge is 0.369 e. The summed E-state index contributed by atoms with van der Waals surface area (Å²) in [6, 6.07) is 10.3. The van der Waals surface area contributed by atoms with Crippen LogP contribution in [0.2, 0.25) is 0 Å². The van der Waals surface area contributed by atoms with Crippen molar-refractivity contribution < 1.29 is 4.79 Å². The number of carbonyl (C=O) groups is 1. The fourth-order valence-electron chi connectivity index (χ4n) is 3.86. The second-order valence-corrected chi connectivity index (χ2v) is 8.32. The number of rotatable bonds is 6. The average Bonchev–Trinajstić information content (AvgIpc) is 3.24. The number of piperidine rings is 1. The molecular weight excluding hydrogens is 406 g/mol. The number of nitrogens with two attached hydrogens (primary N) is 1. The van der Waals surface area contributed by atoms with E-state index >= 15 is 0 Å². The molecule has 1 fully saturated rings. The summed E-state index contributed by atoms with van der Waals surface area (Å²) in [6.07, 6.45) is 7.14. The van der Waals surface area contributed by atoms with E-state index in [0.717, 1.165) is 53.1 Å². The van der Waals surface area contributed by atoms with E-state index < -0.39 is 0 Å². The van der Waals surface area contributed by atoms with Crippen molar-refractivity contribution in [3.05, 3.63) is 59.8 Å². The molecule has 158 valence electrons. The van der Waals surface area contributed by atoms with E-state index in [1.54, 1.807) is 11.3 Å². The maximum Gasteiger partial charge on any atom is 0.220 e. The molecule has 1 aliphatic rings. The van der Waals surface area contributed by atoms with Crippen LogP contribution in [0.4, 0.5) is 5.82 Å². The number of anilines is 1. The lowest BCUT2D eigenvalue weighted by Crippen LogP contribution is -2.39. The zero-order chi connectivity index (χ0) is 21.8. The van der Waals surface area contributed by atoms with Crippen molar-refractivity contribution in [1.82, 2.24) is 9.97 Å². The fourth-order valence-corrected chi connectivity index (χ4v) is 4.80. The highest BCUT2D eigenvalue weighted by Crippen LogP contribution is 2.40. The van der Waals surface area contributed by atoms with Crippen molar-refractivity contribution in [3.63, 3.8) is 0 Å². The number of aliphatic imine (C=N–C) groups is 1. The summed E-state index contributed by atoms with van der Waals surface area (Å²) in [4.78, 5) is 28.7. The summed E-state index contributed by atoms with van der Waals surface area (Å²) < 4.78 is 0. The molecule has 6 nitrogen and oxygen atoms in total. The Bertz CT molecular complexity index is 1160. The quantitative estimate of drug-likeness (QED) is 0.454. The summed E-state index contributed by atoms with van der Waals surface area (Å²) in [6.45, 7) is 7.09. The van der Waals surface area contributed by atoms with E-state index in [4.69, 9.17) is 15.7 Å². The van der Waals surface area contributed by atoms with Crippen LogP contribution in [0.3, 0.4) is 0 Å². The van der Waals surface area contributed by atoms with Crippen LogP contribution in [0.1, 0.15) is 25.6 Å². The minimum Gasteiger partial charge on any atom is -0.369 e. The van der Waals surface area contributed by atoms with Gasteiger partial charge in [-0.05, 0) is 38.1 Å². The molecule has 0 aliphatic carbocycles. The Labute approximate surface area is 185 Å². The molecule has 31 heavy (non-hydrogen) atoms. The highest BCUT2D eigenvalue weighted by atomic mass is 32.1. The van der Waals surface area contributed by atoms with Crippen LogP contribution in [0, 0.1) is 5.92 Å². The summed E-state index contributed by atoms with van der Waals surface area (Å²) in [7, 11) is 0. The smallest absolute Gasteiger partial charge is 0.220 e. The lowest BCUT2D eigenvalue weighted by atomic mass is 9.96. The third-order valence-electron chi connectivity index (χ3n) is 5.54. The van der Waals surface area contributed by atoms with Crippen molar-refractivity contribution in [2.24, 2.45) is 16.6 Å². The van der Waals surface area contributed by atoms with E-state index in [1.165, 1.54) is 0 Å². The number of aromatic nitrogens is 2. The molecule has 7 heteroatoms. The van der Waals surface area contributed by atoms with Gasteiger partial charge in [-0.1, -0.05) is 42.5 Å². The number of benzene rings is 1. The van der Waals surface area contributed by atoms with Gasteiger partial charge in [0.2, 0.25) is 5.91 Å². The van der Waals surface area contributed by atoms with E-state index in [0.29, 0.717) is 11.5 Å².